The molecule has 5 nitrogen and oxygen atoms in total. The van der Waals surface area contributed by atoms with Crippen LogP contribution < -0.4 is 0 Å². The van der Waals surface area contributed by atoms with Crippen LogP contribution in [-0.2, 0) is 16.0 Å². The van der Waals surface area contributed by atoms with E-state index < -0.39 is 42.8 Å². The molecule has 1 rings (SSSR count). The first kappa shape index (κ1) is 15.7. The van der Waals surface area contributed by atoms with Crippen molar-refractivity contribution in [3.8, 4) is 0 Å². The molecule has 0 aromatic heterocycles. The molecule has 0 aliphatic carbocycles. The Morgan fingerprint density at radius 3 is 2.32 bits per heavy atom. The molecule has 0 spiro atoms. The minimum absolute atomic E-state index is 0.250. The van der Waals surface area contributed by atoms with Gasteiger partial charge in [-0.25, -0.2) is 8.42 Å². The van der Waals surface area contributed by atoms with Crippen LogP contribution >= 0.6 is 11.6 Å². The van der Waals surface area contributed by atoms with Gasteiger partial charge in [0.05, 0.1) is 15.6 Å². The Morgan fingerprint density at radius 2 is 1.89 bits per heavy atom. The zero-order chi connectivity index (χ0) is 14.8. The molecule has 0 N–H and O–H groups in total. The molecule has 0 aliphatic rings. The highest BCUT2D eigenvalue weighted by Crippen LogP contribution is 2.37. The van der Waals surface area contributed by atoms with Crippen molar-refractivity contribution in [2.24, 2.45) is 0 Å². The van der Waals surface area contributed by atoms with E-state index in [4.69, 9.17) is 11.6 Å². The van der Waals surface area contributed by atoms with Gasteiger partial charge in [0.2, 0.25) is 0 Å². The molecular formula is C9H7ClF3NO4S. The number of sulfone groups is 1. The second-order valence-corrected chi connectivity index (χ2v) is 5.93. The van der Waals surface area contributed by atoms with E-state index in [0.29, 0.717) is 6.07 Å². The van der Waals surface area contributed by atoms with Crippen LogP contribution in [-0.4, -0.2) is 25.0 Å². The third-order valence-corrected chi connectivity index (χ3v) is 4.30. The Morgan fingerprint density at radius 1 is 1.32 bits per heavy atom. The summed E-state index contributed by atoms with van der Waals surface area (Å²) in [6, 6.07) is 1.53. The second-order valence-electron chi connectivity index (χ2n) is 3.44. The minimum Gasteiger partial charge on any atom is -0.258 e. The van der Waals surface area contributed by atoms with E-state index in [2.05, 4.69) is 0 Å². The van der Waals surface area contributed by atoms with Crippen molar-refractivity contribution in [3.05, 3.63) is 33.9 Å². The Labute approximate surface area is 111 Å². The minimum atomic E-state index is -5.02. The first-order valence-corrected chi connectivity index (χ1v) is 6.92. The van der Waals surface area contributed by atoms with Crippen LogP contribution in [0.1, 0.15) is 5.56 Å². The number of nitrogens with zero attached hydrogens (tertiary/aromatic N) is 1. The lowest BCUT2D eigenvalue weighted by Gasteiger charge is -2.09. The van der Waals surface area contributed by atoms with Crippen LogP contribution in [0.3, 0.4) is 0 Å². The summed E-state index contributed by atoms with van der Waals surface area (Å²) in [5, 5.41) is 10.5. The van der Waals surface area contributed by atoms with Gasteiger partial charge in [0.15, 0.2) is 9.84 Å². The average molecular weight is 318 g/mol. The van der Waals surface area contributed by atoms with Gasteiger partial charge in [-0.1, -0.05) is 0 Å². The smallest absolute Gasteiger partial charge is 0.258 e. The SMILES string of the molecule is O=[N+]([O-])c1ccc(S(=O)(=O)CCCl)cc1C(F)(F)F. The molecule has 0 heterocycles. The summed E-state index contributed by atoms with van der Waals surface area (Å²) in [5.41, 5.74) is -2.80. The standard InChI is InChI=1S/C9H7ClF3NO4S/c10-3-4-19(17,18)6-1-2-8(14(15)16)7(5-6)9(11,12)13/h1-2,5H,3-4H2. The number of hydrogen-bond acceptors (Lipinski definition) is 4. The van der Waals surface area contributed by atoms with Gasteiger partial charge in [-0.05, 0) is 12.1 Å². The lowest BCUT2D eigenvalue weighted by Crippen LogP contribution is -2.13. The quantitative estimate of drug-likeness (QED) is 0.486. The van der Waals surface area contributed by atoms with Crippen molar-refractivity contribution in [2.75, 3.05) is 11.6 Å². The molecule has 1 aromatic rings. The van der Waals surface area contributed by atoms with Gasteiger partial charge in [-0.2, -0.15) is 13.2 Å². The van der Waals surface area contributed by atoms with Crippen LogP contribution in [0.5, 0.6) is 0 Å². The molecule has 0 unspecified atom stereocenters. The monoisotopic (exact) mass is 317 g/mol. The number of nitro groups is 1. The maximum Gasteiger partial charge on any atom is 0.423 e. The third kappa shape index (κ3) is 3.57. The summed E-state index contributed by atoms with van der Waals surface area (Å²) in [4.78, 5) is 8.62. The summed E-state index contributed by atoms with van der Waals surface area (Å²) in [6.07, 6.45) is -5.02. The molecule has 106 valence electrons. The highest BCUT2D eigenvalue weighted by atomic mass is 35.5. The fourth-order valence-electron chi connectivity index (χ4n) is 1.31. The van der Waals surface area contributed by atoms with Crippen LogP contribution in [0.15, 0.2) is 23.1 Å². The van der Waals surface area contributed by atoms with E-state index >= 15 is 0 Å². The Bertz CT molecular complexity index is 600. The molecule has 0 aliphatic heterocycles. The molecule has 0 saturated heterocycles. The van der Waals surface area contributed by atoms with E-state index in [1.807, 2.05) is 0 Å². The first-order chi connectivity index (χ1) is 8.59. The van der Waals surface area contributed by atoms with Gasteiger partial charge in [-0.3, -0.25) is 10.1 Å². The number of alkyl halides is 4. The fourth-order valence-corrected chi connectivity index (χ4v) is 2.94. The second kappa shape index (κ2) is 5.33. The molecule has 0 fully saturated rings. The summed E-state index contributed by atoms with van der Waals surface area (Å²) < 4.78 is 61.1. The highest BCUT2D eigenvalue weighted by Gasteiger charge is 2.39. The van der Waals surface area contributed by atoms with Crippen LogP contribution in [0, 0.1) is 10.1 Å². The molecule has 0 atom stereocenters. The highest BCUT2D eigenvalue weighted by molar-refractivity contribution is 7.91. The van der Waals surface area contributed by atoms with Gasteiger partial charge in [0.1, 0.15) is 5.56 Å². The molecule has 0 saturated carbocycles. The van der Waals surface area contributed by atoms with Gasteiger partial charge in [0.25, 0.3) is 5.69 Å². The van der Waals surface area contributed by atoms with Crippen LogP contribution in [0.25, 0.3) is 0 Å². The van der Waals surface area contributed by atoms with Gasteiger partial charge >= 0.3 is 6.18 Å². The fraction of sp³-hybridized carbons (Fsp3) is 0.333. The molecule has 1 aromatic carbocycles. The van der Waals surface area contributed by atoms with E-state index in [9.17, 15) is 31.7 Å². The molecule has 10 heteroatoms. The maximum absolute atomic E-state index is 12.6. The van der Waals surface area contributed by atoms with Crippen LogP contribution in [0.4, 0.5) is 18.9 Å². The first-order valence-electron chi connectivity index (χ1n) is 4.74. The maximum atomic E-state index is 12.6. The molecule has 19 heavy (non-hydrogen) atoms. The van der Waals surface area contributed by atoms with E-state index in [-0.39, 0.29) is 11.9 Å². The number of rotatable bonds is 4. The zero-order valence-electron chi connectivity index (χ0n) is 9.15. The largest absolute Gasteiger partial charge is 0.423 e. The third-order valence-electron chi connectivity index (χ3n) is 2.18. The average Bonchev–Trinajstić information content (AvgIpc) is 2.26. The Kier molecular flexibility index (Phi) is 4.41. The van der Waals surface area contributed by atoms with Gasteiger partial charge in [0, 0.05) is 11.9 Å². The molecule has 0 radical (unpaired) electrons. The normalized spacial score (nSPS) is 12.4. The van der Waals surface area contributed by atoms with E-state index in [1.165, 1.54) is 0 Å². The van der Waals surface area contributed by atoms with Crippen molar-refractivity contribution < 1.29 is 26.5 Å². The molecule has 0 amide bonds. The molecular weight excluding hydrogens is 311 g/mol. The number of nitro benzene ring substituents is 1. The zero-order valence-corrected chi connectivity index (χ0v) is 10.7. The lowest BCUT2D eigenvalue weighted by molar-refractivity contribution is -0.388. The predicted octanol–water partition coefficient (Wildman–Crippen LogP) is 2.63. The predicted molar refractivity (Wildman–Crippen MR) is 60.9 cm³/mol. The number of halogens is 4. The summed E-state index contributed by atoms with van der Waals surface area (Å²) in [7, 11) is -3.99. The molecule has 0 bridgehead atoms. The Balaban J connectivity index is 3.47. The van der Waals surface area contributed by atoms with Crippen LogP contribution in [0.2, 0.25) is 0 Å². The van der Waals surface area contributed by atoms with E-state index in [1.54, 1.807) is 0 Å². The van der Waals surface area contributed by atoms with Crippen molar-refractivity contribution in [3.63, 3.8) is 0 Å². The Hall–Kier alpha value is -1.35. The van der Waals surface area contributed by atoms with E-state index in [0.717, 1.165) is 6.07 Å². The van der Waals surface area contributed by atoms with Crippen molar-refractivity contribution in [1.82, 2.24) is 0 Å². The van der Waals surface area contributed by atoms with Crippen molar-refractivity contribution in [1.29, 1.82) is 0 Å². The number of hydrogen-bond donors (Lipinski definition) is 0. The summed E-state index contributed by atoms with van der Waals surface area (Å²) in [5.74, 6) is -0.843. The summed E-state index contributed by atoms with van der Waals surface area (Å²) >= 11 is 5.24. The topological polar surface area (TPSA) is 77.3 Å². The van der Waals surface area contributed by atoms with Gasteiger partial charge < -0.3 is 0 Å². The summed E-state index contributed by atoms with van der Waals surface area (Å²) in [6.45, 7) is 0. The van der Waals surface area contributed by atoms with Crippen molar-refractivity contribution in [2.45, 2.75) is 11.1 Å². The van der Waals surface area contributed by atoms with Crippen molar-refractivity contribution >= 4 is 27.1 Å². The van der Waals surface area contributed by atoms with Gasteiger partial charge in [-0.15, -0.1) is 11.6 Å². The lowest BCUT2D eigenvalue weighted by atomic mass is 10.2. The number of benzene rings is 1.